The lowest BCUT2D eigenvalue weighted by molar-refractivity contribution is -0.148. The Hall–Kier alpha value is -2.48. The average molecular weight is 376 g/mol. The summed E-state index contributed by atoms with van der Waals surface area (Å²) in [6, 6.07) is 6.77. The van der Waals surface area contributed by atoms with Crippen LogP contribution >= 0.6 is 11.6 Å². The largest absolute Gasteiger partial charge is 0.479 e. The molecule has 0 amide bonds. The molecular weight excluding hydrogens is 363 g/mol. The third-order valence-corrected chi connectivity index (χ3v) is 3.29. The van der Waals surface area contributed by atoms with Crippen LogP contribution in [0.1, 0.15) is 12.5 Å². The molecule has 0 radical (unpaired) electrons. The van der Waals surface area contributed by atoms with Gasteiger partial charge < -0.3 is 14.2 Å². The van der Waals surface area contributed by atoms with Crippen molar-refractivity contribution in [3.63, 3.8) is 0 Å². The van der Waals surface area contributed by atoms with Crippen LogP contribution in [0, 0.1) is 0 Å². The van der Waals surface area contributed by atoms with Gasteiger partial charge in [-0.1, -0.05) is 11.6 Å². The Morgan fingerprint density at radius 2 is 1.80 bits per heavy atom. The van der Waals surface area contributed by atoms with Crippen molar-refractivity contribution in [2.75, 3.05) is 7.11 Å². The molecule has 0 N–H and O–H groups in total. The number of benzene rings is 1. The summed E-state index contributed by atoms with van der Waals surface area (Å²) in [7, 11) is 1.25. The van der Waals surface area contributed by atoms with E-state index in [1.54, 1.807) is 0 Å². The monoisotopic (exact) mass is 375 g/mol. The molecule has 0 saturated carbocycles. The van der Waals surface area contributed by atoms with Crippen molar-refractivity contribution < 1.29 is 32.2 Å². The number of ether oxygens (including phenoxy) is 3. The third kappa shape index (κ3) is 4.99. The van der Waals surface area contributed by atoms with Gasteiger partial charge in [0.1, 0.15) is 16.5 Å². The predicted molar refractivity (Wildman–Crippen MR) is 82.9 cm³/mol. The Morgan fingerprint density at radius 3 is 2.32 bits per heavy atom. The lowest BCUT2D eigenvalue weighted by atomic mass is 10.3. The molecule has 9 heteroatoms. The normalized spacial score (nSPS) is 12.4. The first kappa shape index (κ1) is 18.9. The molecule has 0 saturated heterocycles. The first-order valence-corrected chi connectivity index (χ1v) is 7.33. The number of alkyl halides is 3. The van der Waals surface area contributed by atoms with Crippen molar-refractivity contribution in [1.82, 2.24) is 4.98 Å². The molecule has 1 unspecified atom stereocenters. The highest BCUT2D eigenvalue weighted by atomic mass is 35.5. The maximum absolute atomic E-state index is 12.6. The van der Waals surface area contributed by atoms with E-state index in [1.165, 1.54) is 38.3 Å². The second-order valence-electron chi connectivity index (χ2n) is 4.87. The number of pyridine rings is 1. The second kappa shape index (κ2) is 7.60. The number of hydrogen-bond acceptors (Lipinski definition) is 5. The number of carbonyl (C=O) groups is 1. The zero-order valence-electron chi connectivity index (χ0n) is 13.1. The molecular formula is C16H13ClF3NO4. The van der Waals surface area contributed by atoms with Crippen molar-refractivity contribution in [2.24, 2.45) is 0 Å². The Morgan fingerprint density at radius 1 is 1.20 bits per heavy atom. The predicted octanol–water partition coefficient (Wildman–Crippen LogP) is 4.49. The third-order valence-electron chi connectivity index (χ3n) is 3.02. The molecule has 134 valence electrons. The zero-order chi connectivity index (χ0) is 18.6. The first-order valence-electron chi connectivity index (χ1n) is 6.96. The fraction of sp³-hybridized carbons (Fsp3) is 0.250. The maximum Gasteiger partial charge on any atom is 0.417 e. The molecule has 5 nitrogen and oxygen atoms in total. The van der Waals surface area contributed by atoms with Gasteiger partial charge in [0.05, 0.1) is 12.7 Å². The molecule has 0 aliphatic carbocycles. The Balaban J connectivity index is 2.08. The summed E-state index contributed by atoms with van der Waals surface area (Å²) in [6.45, 7) is 1.53. The molecule has 0 spiro atoms. The van der Waals surface area contributed by atoms with Crippen molar-refractivity contribution in [3.05, 3.63) is 47.1 Å². The van der Waals surface area contributed by atoms with Crippen LogP contribution in [-0.2, 0) is 15.7 Å². The van der Waals surface area contributed by atoms with Gasteiger partial charge >= 0.3 is 12.1 Å². The molecule has 0 bridgehead atoms. The van der Waals surface area contributed by atoms with Gasteiger partial charge in [0.2, 0.25) is 5.88 Å². The minimum absolute atomic E-state index is 0.161. The number of aromatic nitrogens is 1. The second-order valence-corrected chi connectivity index (χ2v) is 5.27. The highest BCUT2D eigenvalue weighted by Gasteiger charge is 2.31. The molecule has 2 aromatic rings. The first-order chi connectivity index (χ1) is 11.7. The highest BCUT2D eigenvalue weighted by Crippen LogP contribution is 2.34. The lowest BCUT2D eigenvalue weighted by Crippen LogP contribution is -2.24. The minimum atomic E-state index is -4.54. The summed E-state index contributed by atoms with van der Waals surface area (Å²) in [5, 5.41) is -0.269. The molecule has 1 aromatic heterocycles. The smallest absolute Gasteiger partial charge is 0.417 e. The summed E-state index contributed by atoms with van der Waals surface area (Å²) in [4.78, 5) is 14.9. The Bertz CT molecular complexity index is 750. The van der Waals surface area contributed by atoms with Gasteiger partial charge in [-0.3, -0.25) is 0 Å². The van der Waals surface area contributed by atoms with E-state index in [4.69, 9.17) is 21.1 Å². The van der Waals surface area contributed by atoms with Crippen LogP contribution in [0.4, 0.5) is 13.2 Å². The molecule has 0 aliphatic heterocycles. The molecule has 1 aromatic carbocycles. The fourth-order valence-electron chi connectivity index (χ4n) is 1.77. The van der Waals surface area contributed by atoms with E-state index in [0.717, 1.165) is 6.07 Å². The van der Waals surface area contributed by atoms with Crippen LogP contribution in [0.15, 0.2) is 36.5 Å². The number of hydrogen-bond donors (Lipinski definition) is 0. The van der Waals surface area contributed by atoms with Crippen LogP contribution in [0.25, 0.3) is 0 Å². The van der Waals surface area contributed by atoms with Gasteiger partial charge in [0.25, 0.3) is 0 Å². The lowest BCUT2D eigenvalue weighted by Gasteiger charge is -2.13. The summed E-state index contributed by atoms with van der Waals surface area (Å²) in [5.41, 5.74) is -0.967. The standard InChI is InChI=1S/C16H13ClF3NO4/c1-9(15(22)23-2)24-11-3-5-12(6-4-11)25-14-13(17)7-10(8-21-14)16(18,19)20/h3-9H,1-2H3. The zero-order valence-corrected chi connectivity index (χ0v) is 13.9. The van der Waals surface area contributed by atoms with E-state index in [0.29, 0.717) is 11.9 Å². The molecule has 0 aliphatic rings. The summed E-state index contributed by atoms with van der Waals surface area (Å²) in [6.07, 6.45) is -4.69. The minimum Gasteiger partial charge on any atom is -0.479 e. The number of rotatable bonds is 5. The van der Waals surface area contributed by atoms with Gasteiger partial charge in [0, 0.05) is 6.20 Å². The SMILES string of the molecule is COC(=O)C(C)Oc1ccc(Oc2ncc(C(F)(F)F)cc2Cl)cc1. The summed E-state index contributed by atoms with van der Waals surface area (Å²) >= 11 is 5.77. The van der Waals surface area contributed by atoms with Crippen molar-refractivity contribution >= 4 is 17.6 Å². The van der Waals surface area contributed by atoms with E-state index in [1.807, 2.05) is 0 Å². The van der Waals surface area contributed by atoms with Crippen molar-refractivity contribution in [1.29, 1.82) is 0 Å². The number of halogens is 4. The Kier molecular flexibility index (Phi) is 5.73. The Labute approximate surface area is 146 Å². The van der Waals surface area contributed by atoms with Crippen molar-refractivity contribution in [2.45, 2.75) is 19.2 Å². The van der Waals surface area contributed by atoms with E-state index in [9.17, 15) is 18.0 Å². The van der Waals surface area contributed by atoms with Gasteiger partial charge in [0.15, 0.2) is 6.10 Å². The quantitative estimate of drug-likeness (QED) is 0.721. The van der Waals surface area contributed by atoms with E-state index >= 15 is 0 Å². The van der Waals surface area contributed by atoms with E-state index < -0.39 is 23.8 Å². The number of nitrogens with zero attached hydrogens (tertiary/aromatic N) is 1. The van der Waals surface area contributed by atoms with Crippen LogP contribution in [0.2, 0.25) is 5.02 Å². The van der Waals surface area contributed by atoms with Gasteiger partial charge in [-0.2, -0.15) is 13.2 Å². The van der Waals surface area contributed by atoms with E-state index in [-0.39, 0.29) is 16.7 Å². The van der Waals surface area contributed by atoms with Crippen molar-refractivity contribution in [3.8, 4) is 17.4 Å². The van der Waals surface area contributed by atoms with Crippen LogP contribution in [-0.4, -0.2) is 24.2 Å². The average Bonchev–Trinajstić information content (AvgIpc) is 2.56. The van der Waals surface area contributed by atoms with Gasteiger partial charge in [-0.05, 0) is 37.3 Å². The molecule has 0 fully saturated rings. The highest BCUT2D eigenvalue weighted by molar-refractivity contribution is 6.31. The summed E-state index contributed by atoms with van der Waals surface area (Å²) in [5.74, 6) is -0.0173. The number of carbonyl (C=O) groups excluding carboxylic acids is 1. The fourth-order valence-corrected chi connectivity index (χ4v) is 1.98. The topological polar surface area (TPSA) is 57.7 Å². The summed E-state index contributed by atoms with van der Waals surface area (Å²) < 4.78 is 53.0. The van der Waals surface area contributed by atoms with Crippen LogP contribution < -0.4 is 9.47 Å². The number of esters is 1. The van der Waals surface area contributed by atoms with Crippen LogP contribution in [0.3, 0.4) is 0 Å². The van der Waals surface area contributed by atoms with Gasteiger partial charge in [-0.15, -0.1) is 0 Å². The maximum atomic E-state index is 12.6. The molecule has 1 atom stereocenters. The number of methoxy groups -OCH3 is 1. The molecule has 25 heavy (non-hydrogen) atoms. The van der Waals surface area contributed by atoms with Crippen LogP contribution in [0.5, 0.6) is 17.4 Å². The van der Waals surface area contributed by atoms with E-state index in [2.05, 4.69) is 9.72 Å². The van der Waals surface area contributed by atoms with Gasteiger partial charge in [-0.25, -0.2) is 9.78 Å². The molecule has 1 heterocycles. The molecule has 2 rings (SSSR count).